The van der Waals surface area contributed by atoms with Crippen LogP contribution in [0, 0.1) is 0 Å². The van der Waals surface area contributed by atoms with E-state index in [2.05, 4.69) is 34.3 Å². The highest BCUT2D eigenvalue weighted by Crippen LogP contribution is 2.24. The molecule has 2 aromatic rings. The van der Waals surface area contributed by atoms with E-state index in [-0.39, 0.29) is 12.0 Å². The van der Waals surface area contributed by atoms with Crippen LogP contribution in [-0.2, 0) is 22.6 Å². The molecule has 0 bridgehead atoms. The third-order valence-electron chi connectivity index (χ3n) is 4.84. The molecule has 0 radical (unpaired) electrons. The van der Waals surface area contributed by atoms with E-state index in [0.29, 0.717) is 13.0 Å². The third-order valence-corrected chi connectivity index (χ3v) is 4.84. The van der Waals surface area contributed by atoms with Crippen LogP contribution in [0.25, 0.3) is 0 Å². The molecule has 5 nitrogen and oxygen atoms in total. The molecule has 1 aliphatic rings. The van der Waals surface area contributed by atoms with Crippen LogP contribution in [0.3, 0.4) is 0 Å². The molecule has 1 fully saturated rings. The van der Waals surface area contributed by atoms with Gasteiger partial charge < -0.3 is 4.74 Å². The number of benzene rings is 1. The van der Waals surface area contributed by atoms with Crippen molar-refractivity contribution >= 4 is 5.97 Å². The summed E-state index contributed by atoms with van der Waals surface area (Å²) in [4.78, 5) is 14.4. The van der Waals surface area contributed by atoms with E-state index in [1.54, 1.807) is 0 Å². The first-order chi connectivity index (χ1) is 12.3. The summed E-state index contributed by atoms with van der Waals surface area (Å²) in [7, 11) is 0. The fourth-order valence-electron chi connectivity index (χ4n) is 3.56. The summed E-state index contributed by atoms with van der Waals surface area (Å²) < 4.78 is 7.11. The molecule has 0 saturated carbocycles. The second-order valence-electron chi connectivity index (χ2n) is 6.60. The number of hydrogen-bond acceptors (Lipinski definition) is 4. The molecular weight excluding hydrogens is 314 g/mol. The van der Waals surface area contributed by atoms with Gasteiger partial charge in [0.05, 0.1) is 19.6 Å². The van der Waals surface area contributed by atoms with Gasteiger partial charge in [0.2, 0.25) is 0 Å². The zero-order valence-electron chi connectivity index (χ0n) is 14.9. The van der Waals surface area contributed by atoms with Gasteiger partial charge in [-0.25, -0.2) is 0 Å². The van der Waals surface area contributed by atoms with Crippen molar-refractivity contribution in [3.8, 4) is 0 Å². The summed E-state index contributed by atoms with van der Waals surface area (Å²) in [5.74, 6) is -0.0794. The van der Waals surface area contributed by atoms with Gasteiger partial charge in [-0.1, -0.05) is 30.7 Å². The predicted molar refractivity (Wildman–Crippen MR) is 97.1 cm³/mol. The second-order valence-corrected chi connectivity index (χ2v) is 6.60. The van der Waals surface area contributed by atoms with Crippen molar-refractivity contribution in [3.63, 3.8) is 0 Å². The Morgan fingerprint density at radius 1 is 1.20 bits per heavy atom. The molecule has 134 valence electrons. The lowest BCUT2D eigenvalue weighted by atomic mass is 9.97. The Labute approximate surface area is 149 Å². The second kappa shape index (κ2) is 8.81. The SMILES string of the molecule is CCOC(=O)CC1CCCCN1Cc1ccccc1Cn1cccn1. The van der Waals surface area contributed by atoms with Gasteiger partial charge in [0.1, 0.15) is 0 Å². The van der Waals surface area contributed by atoms with E-state index in [4.69, 9.17) is 4.74 Å². The first-order valence-corrected chi connectivity index (χ1v) is 9.20. The summed E-state index contributed by atoms with van der Waals surface area (Å²) in [5, 5.41) is 4.32. The topological polar surface area (TPSA) is 47.4 Å². The summed E-state index contributed by atoms with van der Waals surface area (Å²) in [6, 6.07) is 10.8. The molecule has 1 aromatic carbocycles. The van der Waals surface area contributed by atoms with Crippen molar-refractivity contribution in [2.45, 2.75) is 51.7 Å². The third kappa shape index (κ3) is 4.92. The maximum absolute atomic E-state index is 11.9. The Morgan fingerprint density at radius 2 is 2.00 bits per heavy atom. The molecule has 1 atom stereocenters. The maximum Gasteiger partial charge on any atom is 0.307 e. The number of esters is 1. The van der Waals surface area contributed by atoms with Gasteiger partial charge in [0.25, 0.3) is 0 Å². The molecule has 25 heavy (non-hydrogen) atoms. The largest absolute Gasteiger partial charge is 0.466 e. The molecule has 1 aliphatic heterocycles. The van der Waals surface area contributed by atoms with Gasteiger partial charge in [-0.05, 0) is 43.5 Å². The summed E-state index contributed by atoms with van der Waals surface area (Å²) in [6.45, 7) is 5.02. The lowest BCUT2D eigenvalue weighted by Crippen LogP contribution is -2.40. The highest BCUT2D eigenvalue weighted by molar-refractivity contribution is 5.70. The molecule has 0 aliphatic carbocycles. The number of piperidine rings is 1. The van der Waals surface area contributed by atoms with Crippen LogP contribution < -0.4 is 0 Å². The molecule has 5 heteroatoms. The fourth-order valence-corrected chi connectivity index (χ4v) is 3.56. The molecular formula is C20H27N3O2. The zero-order valence-corrected chi connectivity index (χ0v) is 14.9. The maximum atomic E-state index is 11.9. The minimum Gasteiger partial charge on any atom is -0.466 e. The molecule has 1 aromatic heterocycles. The Kier molecular flexibility index (Phi) is 6.23. The zero-order chi connectivity index (χ0) is 17.5. The smallest absolute Gasteiger partial charge is 0.307 e. The van der Waals surface area contributed by atoms with Gasteiger partial charge in [-0.15, -0.1) is 0 Å². The first kappa shape index (κ1) is 17.7. The monoisotopic (exact) mass is 341 g/mol. The van der Waals surface area contributed by atoms with Gasteiger partial charge in [-0.2, -0.15) is 5.10 Å². The van der Waals surface area contributed by atoms with Gasteiger partial charge in [-0.3, -0.25) is 14.4 Å². The Hall–Kier alpha value is -2.14. The summed E-state index contributed by atoms with van der Waals surface area (Å²) in [6.07, 6.45) is 7.75. The van der Waals surface area contributed by atoms with Crippen molar-refractivity contribution in [1.29, 1.82) is 0 Å². The quantitative estimate of drug-likeness (QED) is 0.726. The van der Waals surface area contributed by atoms with Crippen LogP contribution in [0.1, 0.15) is 43.7 Å². The number of hydrogen-bond donors (Lipinski definition) is 0. The normalized spacial score (nSPS) is 18.2. The van der Waals surface area contributed by atoms with Crippen LogP contribution in [0.5, 0.6) is 0 Å². The van der Waals surface area contributed by atoms with Crippen molar-refractivity contribution in [2.75, 3.05) is 13.2 Å². The number of carbonyl (C=O) groups excluding carboxylic acids is 1. The molecule has 1 unspecified atom stereocenters. The minimum absolute atomic E-state index is 0.0794. The Morgan fingerprint density at radius 3 is 2.72 bits per heavy atom. The van der Waals surface area contributed by atoms with Crippen LogP contribution in [0.15, 0.2) is 42.7 Å². The number of ether oxygens (including phenoxy) is 1. The molecule has 1 saturated heterocycles. The average molecular weight is 341 g/mol. The van der Waals surface area contributed by atoms with Gasteiger partial charge in [0, 0.05) is 25.0 Å². The standard InChI is InChI=1S/C20H27N3O2/c1-2-25-20(24)14-19-10-5-6-12-22(19)15-17-8-3-4-9-18(17)16-23-13-7-11-21-23/h3-4,7-9,11,13,19H,2,5-6,10,12,14-16H2,1H3. The van der Waals surface area contributed by atoms with Crippen molar-refractivity contribution in [2.24, 2.45) is 0 Å². The molecule has 2 heterocycles. The van der Waals surface area contributed by atoms with E-state index in [1.807, 2.05) is 30.1 Å². The van der Waals surface area contributed by atoms with Crippen LogP contribution in [0.4, 0.5) is 0 Å². The fraction of sp³-hybridized carbons (Fsp3) is 0.500. The van der Waals surface area contributed by atoms with Crippen LogP contribution in [-0.4, -0.2) is 39.8 Å². The summed E-state index contributed by atoms with van der Waals surface area (Å²) >= 11 is 0. The number of likely N-dealkylation sites (tertiary alicyclic amines) is 1. The van der Waals surface area contributed by atoms with Gasteiger partial charge >= 0.3 is 5.97 Å². The number of carbonyl (C=O) groups is 1. The lowest BCUT2D eigenvalue weighted by molar-refractivity contribution is -0.145. The van der Waals surface area contributed by atoms with Crippen molar-refractivity contribution < 1.29 is 9.53 Å². The van der Waals surface area contributed by atoms with Crippen LogP contribution >= 0.6 is 0 Å². The highest BCUT2D eigenvalue weighted by atomic mass is 16.5. The summed E-state index contributed by atoms with van der Waals surface area (Å²) in [5.41, 5.74) is 2.60. The van der Waals surface area contributed by atoms with E-state index >= 15 is 0 Å². The molecule has 0 spiro atoms. The minimum atomic E-state index is -0.0794. The highest BCUT2D eigenvalue weighted by Gasteiger charge is 2.25. The van der Waals surface area contributed by atoms with E-state index in [1.165, 1.54) is 24.0 Å². The Bertz CT molecular complexity index is 669. The average Bonchev–Trinajstić information content (AvgIpc) is 3.12. The first-order valence-electron chi connectivity index (χ1n) is 9.20. The predicted octanol–water partition coefficient (Wildman–Crippen LogP) is 3.24. The Balaban J connectivity index is 1.70. The van der Waals surface area contributed by atoms with Crippen molar-refractivity contribution in [3.05, 3.63) is 53.9 Å². The van der Waals surface area contributed by atoms with Gasteiger partial charge in [0.15, 0.2) is 0 Å². The lowest BCUT2D eigenvalue weighted by Gasteiger charge is -2.35. The number of rotatable bonds is 7. The molecule has 3 rings (SSSR count). The van der Waals surface area contributed by atoms with E-state index in [9.17, 15) is 4.79 Å². The van der Waals surface area contributed by atoms with E-state index in [0.717, 1.165) is 26.1 Å². The van der Waals surface area contributed by atoms with Crippen molar-refractivity contribution in [1.82, 2.24) is 14.7 Å². The number of aromatic nitrogens is 2. The van der Waals surface area contributed by atoms with Crippen LogP contribution in [0.2, 0.25) is 0 Å². The molecule has 0 N–H and O–H groups in total. The van der Waals surface area contributed by atoms with E-state index < -0.39 is 0 Å². The number of nitrogens with zero attached hydrogens (tertiary/aromatic N) is 3. The molecule has 0 amide bonds.